The summed E-state index contributed by atoms with van der Waals surface area (Å²) in [5.41, 5.74) is 3.73. The van der Waals surface area contributed by atoms with Gasteiger partial charge in [-0.2, -0.15) is 5.10 Å². The molecule has 0 aliphatic rings. The van der Waals surface area contributed by atoms with Gasteiger partial charge in [0.05, 0.1) is 17.8 Å². The van der Waals surface area contributed by atoms with Crippen molar-refractivity contribution >= 4 is 39.7 Å². The van der Waals surface area contributed by atoms with Crippen molar-refractivity contribution in [1.29, 1.82) is 0 Å². The van der Waals surface area contributed by atoms with Crippen molar-refractivity contribution in [2.24, 2.45) is 5.10 Å². The highest BCUT2D eigenvalue weighted by atomic mass is 79.9. The third-order valence-electron chi connectivity index (χ3n) is 2.64. The van der Waals surface area contributed by atoms with Crippen molar-refractivity contribution in [3.05, 3.63) is 63.1 Å². The Labute approximate surface area is 135 Å². The fraction of sp³-hybridized carbons (Fsp3) is 0.0667. The summed E-state index contributed by atoms with van der Waals surface area (Å²) in [6.45, 7) is 0. The van der Waals surface area contributed by atoms with Gasteiger partial charge in [-0.25, -0.2) is 5.43 Å². The van der Waals surface area contributed by atoms with Crippen LogP contribution in [-0.2, 0) is 0 Å². The quantitative estimate of drug-likeness (QED) is 0.659. The minimum atomic E-state index is -0.318. The molecule has 0 aromatic heterocycles. The van der Waals surface area contributed by atoms with Gasteiger partial charge in [0.1, 0.15) is 5.75 Å². The summed E-state index contributed by atoms with van der Waals surface area (Å²) in [4.78, 5) is 11.8. The summed E-state index contributed by atoms with van der Waals surface area (Å²) < 4.78 is 5.95. The highest BCUT2D eigenvalue weighted by molar-refractivity contribution is 9.10. The van der Waals surface area contributed by atoms with E-state index in [1.165, 1.54) is 0 Å². The first-order chi connectivity index (χ1) is 10.1. The van der Waals surface area contributed by atoms with Crippen LogP contribution < -0.4 is 10.2 Å². The molecule has 0 spiro atoms. The second-order valence-corrected chi connectivity index (χ2v) is 5.39. The van der Waals surface area contributed by atoms with Crippen LogP contribution in [0.15, 0.2) is 52.0 Å². The molecule has 2 rings (SSSR count). The van der Waals surface area contributed by atoms with Gasteiger partial charge in [0.15, 0.2) is 0 Å². The summed E-state index contributed by atoms with van der Waals surface area (Å²) in [7, 11) is 1.60. The largest absolute Gasteiger partial charge is 0.496 e. The van der Waals surface area contributed by atoms with E-state index in [-0.39, 0.29) is 5.91 Å². The number of carbonyl (C=O) groups is 1. The molecular weight excluding hydrogens is 356 g/mol. The number of hydrogen-bond acceptors (Lipinski definition) is 3. The molecule has 0 unspecified atom stereocenters. The lowest BCUT2D eigenvalue weighted by atomic mass is 10.2. The van der Waals surface area contributed by atoms with Crippen molar-refractivity contribution < 1.29 is 9.53 Å². The average molecular weight is 368 g/mol. The van der Waals surface area contributed by atoms with E-state index in [9.17, 15) is 4.79 Å². The Balaban J connectivity index is 2.02. The van der Waals surface area contributed by atoms with Gasteiger partial charge >= 0.3 is 0 Å². The van der Waals surface area contributed by atoms with Crippen molar-refractivity contribution in [3.63, 3.8) is 0 Å². The van der Waals surface area contributed by atoms with E-state index in [1.54, 1.807) is 37.6 Å². The second kappa shape index (κ2) is 7.24. The van der Waals surface area contributed by atoms with Gasteiger partial charge in [-0.1, -0.05) is 17.7 Å². The van der Waals surface area contributed by atoms with E-state index in [2.05, 4.69) is 26.5 Å². The fourth-order valence-electron chi connectivity index (χ4n) is 1.62. The lowest BCUT2D eigenvalue weighted by Crippen LogP contribution is -2.17. The smallest absolute Gasteiger partial charge is 0.271 e. The monoisotopic (exact) mass is 366 g/mol. The Kier molecular flexibility index (Phi) is 5.36. The van der Waals surface area contributed by atoms with Crippen LogP contribution in [0.4, 0.5) is 0 Å². The van der Waals surface area contributed by atoms with Crippen molar-refractivity contribution in [3.8, 4) is 5.75 Å². The number of amides is 1. The van der Waals surface area contributed by atoms with Gasteiger partial charge in [-0.3, -0.25) is 4.79 Å². The molecule has 0 aliphatic carbocycles. The Morgan fingerprint density at radius 3 is 2.81 bits per heavy atom. The molecule has 108 valence electrons. The third-order valence-corrected chi connectivity index (χ3v) is 3.50. The molecule has 0 saturated heterocycles. The number of hydrogen-bond donors (Lipinski definition) is 1. The predicted octanol–water partition coefficient (Wildman–Crippen LogP) is 3.88. The van der Waals surface area contributed by atoms with Gasteiger partial charge < -0.3 is 4.74 Å². The minimum absolute atomic E-state index is 0.318. The lowest BCUT2D eigenvalue weighted by molar-refractivity contribution is 0.0955. The van der Waals surface area contributed by atoms with Crippen LogP contribution in [0.1, 0.15) is 15.9 Å². The topological polar surface area (TPSA) is 50.7 Å². The molecule has 0 saturated carbocycles. The molecule has 6 heteroatoms. The molecule has 0 atom stereocenters. The van der Waals surface area contributed by atoms with Crippen LogP contribution in [-0.4, -0.2) is 19.2 Å². The van der Waals surface area contributed by atoms with Gasteiger partial charge in [-0.15, -0.1) is 0 Å². The van der Waals surface area contributed by atoms with Crippen LogP contribution in [0, 0.1) is 0 Å². The number of benzene rings is 2. The average Bonchev–Trinajstić information content (AvgIpc) is 2.47. The van der Waals surface area contributed by atoms with Gasteiger partial charge in [0, 0.05) is 10.6 Å². The van der Waals surface area contributed by atoms with Gasteiger partial charge in [0.25, 0.3) is 5.91 Å². The zero-order chi connectivity index (χ0) is 15.2. The number of methoxy groups -OCH3 is 1. The number of hydrazone groups is 1. The Morgan fingerprint density at radius 2 is 2.14 bits per heavy atom. The first kappa shape index (κ1) is 15.5. The predicted molar refractivity (Wildman–Crippen MR) is 87.2 cm³/mol. The standard InChI is InChI=1S/C15H12BrClN2O2/c1-21-14-6-5-10(7-13(14)16)9-18-19-15(20)11-3-2-4-12(17)8-11/h2-9H,1H3,(H,19,20)/b18-9-. The molecule has 2 aromatic rings. The van der Waals surface area contributed by atoms with E-state index in [0.717, 1.165) is 15.8 Å². The van der Waals surface area contributed by atoms with E-state index < -0.39 is 0 Å². The van der Waals surface area contributed by atoms with Gasteiger partial charge in [-0.05, 0) is 57.9 Å². The van der Waals surface area contributed by atoms with Crippen LogP contribution >= 0.6 is 27.5 Å². The molecule has 1 amide bonds. The van der Waals surface area contributed by atoms with Crippen LogP contribution in [0.5, 0.6) is 5.75 Å². The number of halogens is 2. The maximum absolute atomic E-state index is 11.8. The molecular formula is C15H12BrClN2O2. The molecule has 1 N–H and O–H groups in total. The van der Waals surface area contributed by atoms with Gasteiger partial charge in [0.2, 0.25) is 0 Å². The lowest BCUT2D eigenvalue weighted by Gasteiger charge is -2.03. The minimum Gasteiger partial charge on any atom is -0.496 e. The van der Waals surface area contributed by atoms with Crippen molar-refractivity contribution in [1.82, 2.24) is 5.43 Å². The van der Waals surface area contributed by atoms with E-state index in [4.69, 9.17) is 16.3 Å². The van der Waals surface area contributed by atoms with Crippen LogP contribution in [0.25, 0.3) is 0 Å². The maximum atomic E-state index is 11.8. The zero-order valence-corrected chi connectivity index (χ0v) is 13.5. The number of ether oxygens (including phenoxy) is 1. The summed E-state index contributed by atoms with van der Waals surface area (Å²) in [5, 5.41) is 4.42. The Bertz CT molecular complexity index is 689. The first-order valence-electron chi connectivity index (χ1n) is 6.02. The molecule has 2 aromatic carbocycles. The van der Waals surface area contributed by atoms with E-state index in [1.807, 2.05) is 18.2 Å². The summed E-state index contributed by atoms with van der Waals surface area (Å²) in [6, 6.07) is 12.1. The van der Waals surface area contributed by atoms with E-state index in [0.29, 0.717) is 10.6 Å². The molecule has 0 aliphatic heterocycles. The van der Waals surface area contributed by atoms with Crippen molar-refractivity contribution in [2.75, 3.05) is 7.11 Å². The molecule has 0 fully saturated rings. The SMILES string of the molecule is COc1ccc(/C=N\NC(=O)c2cccc(Cl)c2)cc1Br. The number of nitrogens with one attached hydrogen (secondary N) is 1. The summed E-state index contributed by atoms with van der Waals surface area (Å²) in [6.07, 6.45) is 1.55. The molecule has 4 nitrogen and oxygen atoms in total. The maximum Gasteiger partial charge on any atom is 0.271 e. The Hall–Kier alpha value is -1.85. The normalized spacial score (nSPS) is 10.6. The molecule has 21 heavy (non-hydrogen) atoms. The third kappa shape index (κ3) is 4.31. The fourth-order valence-corrected chi connectivity index (χ4v) is 2.37. The van der Waals surface area contributed by atoms with Crippen LogP contribution in [0.3, 0.4) is 0 Å². The summed E-state index contributed by atoms with van der Waals surface area (Å²) >= 11 is 9.21. The van der Waals surface area contributed by atoms with E-state index >= 15 is 0 Å². The summed E-state index contributed by atoms with van der Waals surface area (Å²) in [5.74, 6) is 0.413. The number of nitrogens with zero attached hydrogens (tertiary/aromatic N) is 1. The molecule has 0 heterocycles. The van der Waals surface area contributed by atoms with Crippen LogP contribution in [0.2, 0.25) is 5.02 Å². The second-order valence-electron chi connectivity index (χ2n) is 4.10. The number of carbonyl (C=O) groups excluding carboxylic acids is 1. The highest BCUT2D eigenvalue weighted by Crippen LogP contribution is 2.24. The molecule has 0 radical (unpaired) electrons. The molecule has 0 bridgehead atoms. The Morgan fingerprint density at radius 1 is 1.33 bits per heavy atom. The zero-order valence-electron chi connectivity index (χ0n) is 11.1. The highest BCUT2D eigenvalue weighted by Gasteiger charge is 2.04. The van der Waals surface area contributed by atoms with Crippen molar-refractivity contribution in [2.45, 2.75) is 0 Å². The number of rotatable bonds is 4. The first-order valence-corrected chi connectivity index (χ1v) is 7.20.